The molecule has 0 radical (unpaired) electrons. The second-order valence-electron chi connectivity index (χ2n) is 8.24. The maximum Gasteiger partial charge on any atom is 0.573 e. The van der Waals surface area contributed by atoms with Gasteiger partial charge in [0.05, 0.1) is 18.2 Å². The monoisotopic (exact) mass is 492 g/mol. The van der Waals surface area contributed by atoms with Gasteiger partial charge in [-0.2, -0.15) is 0 Å². The summed E-state index contributed by atoms with van der Waals surface area (Å²) in [5.74, 6) is 4.40. The highest BCUT2D eigenvalue weighted by molar-refractivity contribution is 5.97. The van der Waals surface area contributed by atoms with Crippen molar-refractivity contribution in [2.75, 3.05) is 6.61 Å². The zero-order chi connectivity index (χ0) is 25.7. The van der Waals surface area contributed by atoms with Crippen molar-refractivity contribution in [3.05, 3.63) is 101 Å². The Morgan fingerprint density at radius 3 is 2.58 bits per heavy atom. The van der Waals surface area contributed by atoms with Crippen LogP contribution >= 0.6 is 0 Å². The zero-order valence-corrected chi connectivity index (χ0v) is 19.3. The molecule has 3 N–H and O–H groups in total. The molecule has 8 heteroatoms. The summed E-state index contributed by atoms with van der Waals surface area (Å²) in [6.07, 6.45) is -2.93. The van der Waals surface area contributed by atoms with E-state index in [9.17, 15) is 23.1 Å². The van der Waals surface area contributed by atoms with Crippen LogP contribution in [0.4, 0.5) is 13.2 Å². The number of aromatic amines is 1. The minimum atomic E-state index is -4.98. The molecule has 4 aromatic rings. The van der Waals surface area contributed by atoms with Crippen LogP contribution in [0, 0.1) is 18.8 Å². The molecule has 0 aliphatic heterocycles. The highest BCUT2D eigenvalue weighted by atomic mass is 19.4. The van der Waals surface area contributed by atoms with Crippen LogP contribution in [-0.2, 0) is 6.42 Å². The van der Waals surface area contributed by atoms with Gasteiger partial charge in [0.1, 0.15) is 5.75 Å². The van der Waals surface area contributed by atoms with Crippen molar-refractivity contribution in [1.29, 1.82) is 0 Å². The molecule has 184 valence electrons. The van der Waals surface area contributed by atoms with Gasteiger partial charge in [0.15, 0.2) is 0 Å². The number of rotatable bonds is 6. The molecule has 36 heavy (non-hydrogen) atoms. The van der Waals surface area contributed by atoms with E-state index in [1.165, 1.54) is 12.1 Å². The molecular formula is C28H23F3N2O3. The normalized spacial score (nSPS) is 12.0. The van der Waals surface area contributed by atoms with Gasteiger partial charge in [0.25, 0.3) is 5.91 Å². The summed E-state index contributed by atoms with van der Waals surface area (Å²) >= 11 is 0. The van der Waals surface area contributed by atoms with E-state index in [4.69, 9.17) is 0 Å². The smallest absolute Gasteiger partial charge is 0.405 e. The van der Waals surface area contributed by atoms with Gasteiger partial charge in [0.2, 0.25) is 0 Å². The molecule has 1 heterocycles. The number of para-hydroxylation sites is 1. The zero-order valence-electron chi connectivity index (χ0n) is 19.3. The van der Waals surface area contributed by atoms with E-state index in [1.807, 2.05) is 55.5 Å². The van der Waals surface area contributed by atoms with Crippen LogP contribution < -0.4 is 10.1 Å². The number of nitrogens with one attached hydrogen (secondary N) is 2. The number of carbonyl (C=O) groups excluding carboxylic acids is 1. The average molecular weight is 492 g/mol. The summed E-state index contributed by atoms with van der Waals surface area (Å²) in [7, 11) is 0. The number of H-pyrrole nitrogens is 1. The maximum atomic E-state index is 13.1. The summed E-state index contributed by atoms with van der Waals surface area (Å²) in [4.78, 5) is 16.2. The number of amides is 1. The predicted molar refractivity (Wildman–Crippen MR) is 131 cm³/mol. The highest BCUT2D eigenvalue weighted by Crippen LogP contribution is 2.28. The number of hydrogen-bond donors (Lipinski definition) is 3. The first-order valence-electron chi connectivity index (χ1n) is 11.2. The van der Waals surface area contributed by atoms with E-state index in [2.05, 4.69) is 26.9 Å². The van der Waals surface area contributed by atoms with Crippen molar-refractivity contribution in [3.8, 4) is 17.6 Å². The number of halogens is 3. The van der Waals surface area contributed by atoms with Crippen molar-refractivity contribution in [3.63, 3.8) is 0 Å². The standard InChI is InChI=1S/C28H23F3N2O3/c1-18-6-2-3-7-20(18)12-10-19-11-13-26(36-28(29,30)31)24(14-19)27(35)33-22(17-34)15-21-16-32-25-9-5-4-8-23(21)25/h2-9,11,13-14,16,22,32,34H,15,17H2,1H3,(H,33,35). The molecule has 0 saturated carbocycles. The number of hydrogen-bond acceptors (Lipinski definition) is 3. The fourth-order valence-electron chi connectivity index (χ4n) is 3.84. The van der Waals surface area contributed by atoms with E-state index in [1.54, 1.807) is 6.20 Å². The lowest BCUT2D eigenvalue weighted by atomic mass is 10.0. The highest BCUT2D eigenvalue weighted by Gasteiger charge is 2.33. The van der Waals surface area contributed by atoms with Crippen molar-refractivity contribution in [2.45, 2.75) is 25.7 Å². The molecule has 0 aliphatic carbocycles. The molecule has 0 bridgehead atoms. The number of ether oxygens (including phenoxy) is 1. The molecule has 0 spiro atoms. The Morgan fingerprint density at radius 2 is 1.83 bits per heavy atom. The number of aliphatic hydroxyl groups is 1. The Morgan fingerprint density at radius 1 is 1.08 bits per heavy atom. The van der Waals surface area contributed by atoms with E-state index >= 15 is 0 Å². The SMILES string of the molecule is Cc1ccccc1C#Cc1ccc(OC(F)(F)F)c(C(=O)NC(CO)Cc2c[nH]c3ccccc23)c1. The van der Waals surface area contributed by atoms with E-state index in [-0.39, 0.29) is 12.0 Å². The minimum Gasteiger partial charge on any atom is -0.405 e. The van der Waals surface area contributed by atoms with Gasteiger partial charge in [-0.05, 0) is 54.8 Å². The number of aliphatic hydroxyl groups excluding tert-OH is 1. The van der Waals surface area contributed by atoms with E-state index < -0.39 is 30.7 Å². The molecule has 4 rings (SSSR count). The average Bonchev–Trinajstić information content (AvgIpc) is 3.25. The molecule has 0 aliphatic rings. The van der Waals surface area contributed by atoms with Crippen LogP contribution in [0.5, 0.6) is 5.75 Å². The number of aryl methyl sites for hydroxylation is 1. The lowest BCUT2D eigenvalue weighted by Gasteiger charge is -2.18. The van der Waals surface area contributed by atoms with E-state index in [0.29, 0.717) is 5.56 Å². The fraction of sp³-hybridized carbons (Fsp3) is 0.179. The molecule has 0 fully saturated rings. The molecule has 1 amide bonds. The van der Waals surface area contributed by atoms with Gasteiger partial charge in [-0.1, -0.05) is 48.2 Å². The van der Waals surface area contributed by atoms with Gasteiger partial charge >= 0.3 is 6.36 Å². The lowest BCUT2D eigenvalue weighted by Crippen LogP contribution is -2.39. The van der Waals surface area contributed by atoms with Crippen molar-refractivity contribution >= 4 is 16.8 Å². The summed E-state index contributed by atoms with van der Waals surface area (Å²) < 4.78 is 43.1. The Kier molecular flexibility index (Phi) is 7.32. The summed E-state index contributed by atoms with van der Waals surface area (Å²) in [5, 5.41) is 13.4. The number of carbonyl (C=O) groups is 1. The third-order valence-electron chi connectivity index (χ3n) is 5.63. The van der Waals surface area contributed by atoms with Crippen molar-refractivity contribution < 1.29 is 27.8 Å². The van der Waals surface area contributed by atoms with Crippen LogP contribution in [0.2, 0.25) is 0 Å². The first-order valence-corrected chi connectivity index (χ1v) is 11.2. The van der Waals surface area contributed by atoms with Gasteiger partial charge in [0, 0.05) is 28.2 Å². The van der Waals surface area contributed by atoms with Gasteiger partial charge < -0.3 is 20.1 Å². The molecule has 1 unspecified atom stereocenters. The summed E-state index contributed by atoms with van der Waals surface area (Å²) in [5.41, 5.74) is 3.48. The van der Waals surface area contributed by atoms with Gasteiger partial charge in [-0.25, -0.2) is 0 Å². The molecule has 1 aromatic heterocycles. The Labute approximate surface area is 205 Å². The number of benzene rings is 3. The quantitative estimate of drug-likeness (QED) is 0.328. The second-order valence-corrected chi connectivity index (χ2v) is 8.24. The third kappa shape index (κ3) is 6.06. The fourth-order valence-corrected chi connectivity index (χ4v) is 3.84. The topological polar surface area (TPSA) is 74.3 Å². The van der Waals surface area contributed by atoms with Crippen LogP contribution in [0.15, 0.2) is 72.9 Å². The molecular weight excluding hydrogens is 469 g/mol. The number of fused-ring (bicyclic) bond motifs is 1. The van der Waals surface area contributed by atoms with Crippen LogP contribution in [-0.4, -0.2) is 35.0 Å². The minimum absolute atomic E-state index is 0.272. The van der Waals surface area contributed by atoms with Crippen LogP contribution in [0.1, 0.15) is 32.6 Å². The van der Waals surface area contributed by atoms with Gasteiger partial charge in [-0.3, -0.25) is 4.79 Å². The first kappa shape index (κ1) is 24.9. The van der Waals surface area contributed by atoms with Crippen LogP contribution in [0.3, 0.4) is 0 Å². The number of aromatic nitrogens is 1. The third-order valence-corrected chi connectivity index (χ3v) is 5.63. The van der Waals surface area contributed by atoms with Crippen molar-refractivity contribution in [2.24, 2.45) is 0 Å². The first-order chi connectivity index (χ1) is 17.2. The Bertz CT molecular complexity index is 1450. The second kappa shape index (κ2) is 10.6. The number of alkyl halides is 3. The molecule has 3 aromatic carbocycles. The summed E-state index contributed by atoms with van der Waals surface area (Å²) in [6, 6.07) is 17.9. The molecule has 1 atom stereocenters. The molecule has 5 nitrogen and oxygen atoms in total. The Hall–Kier alpha value is -4.22. The van der Waals surface area contributed by atoms with E-state index in [0.717, 1.165) is 33.7 Å². The predicted octanol–water partition coefficient (Wildman–Crippen LogP) is 5.11. The van der Waals surface area contributed by atoms with Crippen LogP contribution in [0.25, 0.3) is 10.9 Å². The summed E-state index contributed by atoms with van der Waals surface area (Å²) in [6.45, 7) is 1.49. The van der Waals surface area contributed by atoms with Gasteiger partial charge in [-0.15, -0.1) is 13.2 Å². The lowest BCUT2D eigenvalue weighted by molar-refractivity contribution is -0.274. The van der Waals surface area contributed by atoms with Crippen molar-refractivity contribution in [1.82, 2.24) is 10.3 Å². The Balaban J connectivity index is 1.61. The maximum absolute atomic E-state index is 13.1. The largest absolute Gasteiger partial charge is 0.573 e. The molecule has 0 saturated heterocycles.